The molecule has 5 nitrogen and oxygen atoms in total. The Hall–Kier alpha value is 0.830. The molecule has 0 heterocycles. The fourth-order valence-electron chi connectivity index (χ4n) is 0. The predicted octanol–water partition coefficient (Wildman–Crippen LogP) is -1.30. The van der Waals surface area contributed by atoms with E-state index in [1.807, 2.05) is 0 Å². The number of hydrogen-bond donors (Lipinski definition) is 3. The molecule has 54 valence electrons. The van der Waals surface area contributed by atoms with Crippen LogP contribution < -0.4 is 0 Å². The maximum atomic E-state index is 8.74. The van der Waals surface area contributed by atoms with Crippen molar-refractivity contribution >= 4 is 40.0 Å². The fraction of sp³-hybridized carbons (Fsp3) is 1.00. The Morgan fingerprint density at radius 1 is 1.33 bits per heavy atom. The molecule has 0 aliphatic rings. The Labute approximate surface area is 75.9 Å². The minimum absolute atomic E-state index is 0. The van der Waals surface area contributed by atoms with E-state index in [0.717, 1.165) is 0 Å². The molecule has 0 unspecified atom stereocenters. The van der Waals surface area contributed by atoms with Crippen molar-refractivity contribution in [2.24, 2.45) is 0 Å². The van der Waals surface area contributed by atoms with E-state index in [2.05, 4.69) is 0 Å². The zero-order chi connectivity index (χ0) is 7.21. The van der Waals surface area contributed by atoms with Gasteiger partial charge in [-0.15, -0.1) is 0 Å². The van der Waals surface area contributed by atoms with Crippen LogP contribution in [0.15, 0.2) is 0 Å². The van der Waals surface area contributed by atoms with Gasteiger partial charge in [0.1, 0.15) is 0 Å². The molecule has 0 saturated heterocycles. The molecule has 0 aromatic heterocycles. The summed E-state index contributed by atoms with van der Waals surface area (Å²) in [5.41, 5.74) is 0. The first kappa shape index (κ1) is 16.4. The second-order valence-electron chi connectivity index (χ2n) is 0.764. The van der Waals surface area contributed by atoms with Gasteiger partial charge in [-0.25, -0.2) is 0 Å². The van der Waals surface area contributed by atoms with Crippen LogP contribution in [0.25, 0.3) is 0 Å². The summed E-state index contributed by atoms with van der Waals surface area (Å²) in [7, 11) is -4.67. The van der Waals surface area contributed by atoms with Gasteiger partial charge in [0, 0.05) is 6.61 Å². The number of rotatable bonds is 0. The van der Waals surface area contributed by atoms with Crippen molar-refractivity contribution in [3.8, 4) is 0 Å². The second-order valence-corrected chi connectivity index (χ2v) is 1.66. The monoisotopic (exact) mass is 168 g/mol. The van der Waals surface area contributed by atoms with E-state index in [1.54, 1.807) is 6.92 Å². The van der Waals surface area contributed by atoms with Crippen LogP contribution in [-0.4, -0.2) is 58.8 Å². The molecule has 0 atom stereocenters. The van der Waals surface area contributed by atoms with E-state index in [-0.39, 0.29) is 36.2 Å². The molecule has 0 bridgehead atoms. The average Bonchev–Trinajstić information content (AvgIpc) is 1.27. The van der Waals surface area contributed by atoms with Gasteiger partial charge in [0.15, 0.2) is 0 Å². The molecule has 0 aliphatic carbocycles. The van der Waals surface area contributed by atoms with Crippen molar-refractivity contribution in [1.82, 2.24) is 0 Å². The van der Waals surface area contributed by atoms with Crippen LogP contribution in [0.5, 0.6) is 0 Å². The summed E-state index contributed by atoms with van der Waals surface area (Å²) in [5.74, 6) is 0. The standard InChI is InChI=1S/C2H6O.Na.H2O4S.H/c1-2-3;;1-5(2,3)4;/h3H,2H2,1H3;;(H2,1,2,3,4);. The predicted molar refractivity (Wildman–Crippen MR) is 34.1 cm³/mol. The average molecular weight is 168 g/mol. The Morgan fingerprint density at radius 2 is 1.33 bits per heavy atom. The molecule has 0 aromatic rings. The molecule has 0 fully saturated rings. The van der Waals surface area contributed by atoms with Crippen molar-refractivity contribution in [3.63, 3.8) is 0 Å². The van der Waals surface area contributed by atoms with E-state index in [1.165, 1.54) is 0 Å². The van der Waals surface area contributed by atoms with Crippen molar-refractivity contribution < 1.29 is 22.6 Å². The van der Waals surface area contributed by atoms with E-state index >= 15 is 0 Å². The van der Waals surface area contributed by atoms with Crippen LogP contribution in [-0.2, 0) is 10.4 Å². The van der Waals surface area contributed by atoms with Crippen molar-refractivity contribution in [2.75, 3.05) is 6.61 Å². The Kier molecular flexibility index (Phi) is 16.1. The summed E-state index contributed by atoms with van der Waals surface area (Å²) < 4.78 is 31.6. The van der Waals surface area contributed by atoms with E-state index in [9.17, 15) is 0 Å². The van der Waals surface area contributed by atoms with Crippen LogP contribution in [0, 0.1) is 0 Å². The third-order valence-corrected chi connectivity index (χ3v) is 0. The molecule has 0 radical (unpaired) electrons. The third-order valence-electron chi connectivity index (χ3n) is 0. The number of aliphatic hydroxyl groups excluding tert-OH is 1. The zero-order valence-corrected chi connectivity index (χ0v) is 5.09. The quantitative estimate of drug-likeness (QED) is 0.308. The molecule has 0 amide bonds. The molecule has 0 aromatic carbocycles. The van der Waals surface area contributed by atoms with Crippen molar-refractivity contribution in [2.45, 2.75) is 6.92 Å². The molecule has 9 heavy (non-hydrogen) atoms. The Bertz CT molecular complexity index is 109. The molecule has 0 spiro atoms. The Balaban J connectivity index is -0.0000000800. The molecular formula is C2H9NaO5S. The molecular weight excluding hydrogens is 159 g/mol. The van der Waals surface area contributed by atoms with Crippen LogP contribution in [0.1, 0.15) is 6.92 Å². The molecule has 7 heteroatoms. The summed E-state index contributed by atoms with van der Waals surface area (Å²) in [6, 6.07) is 0. The van der Waals surface area contributed by atoms with Gasteiger partial charge >= 0.3 is 40.0 Å². The first-order chi connectivity index (χ1) is 3.41. The van der Waals surface area contributed by atoms with Gasteiger partial charge in [0.05, 0.1) is 0 Å². The van der Waals surface area contributed by atoms with E-state index in [4.69, 9.17) is 22.6 Å². The molecule has 0 aliphatic heterocycles. The topological polar surface area (TPSA) is 94.8 Å². The summed E-state index contributed by atoms with van der Waals surface area (Å²) in [5, 5.41) is 7.57. The van der Waals surface area contributed by atoms with Crippen molar-refractivity contribution in [3.05, 3.63) is 0 Å². The number of hydrogen-bond acceptors (Lipinski definition) is 3. The van der Waals surface area contributed by atoms with Crippen LogP contribution in [0.4, 0.5) is 0 Å². The van der Waals surface area contributed by atoms with Crippen LogP contribution >= 0.6 is 0 Å². The molecule has 0 rings (SSSR count). The summed E-state index contributed by atoms with van der Waals surface area (Å²) in [6.07, 6.45) is 0. The summed E-state index contributed by atoms with van der Waals surface area (Å²) in [6.45, 7) is 1.93. The minimum atomic E-state index is -4.67. The third kappa shape index (κ3) is 598. The fourth-order valence-corrected chi connectivity index (χ4v) is 0. The molecule has 0 saturated carbocycles. The normalized spacial score (nSPS) is 8.44. The molecule has 3 N–H and O–H groups in total. The SMILES string of the molecule is CCO.O=S(=O)(O)O.[NaH]. The van der Waals surface area contributed by atoms with Gasteiger partial charge in [-0.2, -0.15) is 8.42 Å². The van der Waals surface area contributed by atoms with Gasteiger partial charge in [-0.1, -0.05) is 0 Å². The van der Waals surface area contributed by atoms with Gasteiger partial charge in [-0.3, -0.25) is 9.11 Å². The van der Waals surface area contributed by atoms with Crippen LogP contribution in [0.3, 0.4) is 0 Å². The van der Waals surface area contributed by atoms with Gasteiger partial charge in [-0.05, 0) is 6.92 Å². The number of aliphatic hydroxyl groups is 1. The van der Waals surface area contributed by atoms with E-state index < -0.39 is 10.4 Å². The first-order valence-corrected chi connectivity index (χ1v) is 3.12. The van der Waals surface area contributed by atoms with E-state index in [0.29, 0.717) is 0 Å². The second kappa shape index (κ2) is 8.83. The van der Waals surface area contributed by atoms with Gasteiger partial charge in [0.25, 0.3) is 0 Å². The maximum absolute atomic E-state index is 8.74. The zero-order valence-electron chi connectivity index (χ0n) is 4.27. The van der Waals surface area contributed by atoms with Gasteiger partial charge < -0.3 is 5.11 Å². The summed E-state index contributed by atoms with van der Waals surface area (Å²) in [4.78, 5) is 0. The Morgan fingerprint density at radius 3 is 1.33 bits per heavy atom. The summed E-state index contributed by atoms with van der Waals surface area (Å²) >= 11 is 0. The van der Waals surface area contributed by atoms with Crippen molar-refractivity contribution in [1.29, 1.82) is 0 Å². The van der Waals surface area contributed by atoms with Crippen LogP contribution in [0.2, 0.25) is 0 Å². The van der Waals surface area contributed by atoms with Gasteiger partial charge in [0.2, 0.25) is 0 Å². The first-order valence-electron chi connectivity index (χ1n) is 1.72.